The molecular formula is C17H16ClN3O3. The topological polar surface area (TPSA) is 71.5 Å². The highest BCUT2D eigenvalue weighted by molar-refractivity contribution is 6.32. The van der Waals surface area contributed by atoms with Crippen LogP contribution in [0.15, 0.2) is 42.7 Å². The van der Waals surface area contributed by atoms with Gasteiger partial charge in [-0.3, -0.25) is 14.6 Å². The number of nitrogens with zero attached hydrogens (tertiary/aromatic N) is 2. The highest BCUT2D eigenvalue weighted by atomic mass is 35.5. The van der Waals surface area contributed by atoms with Crippen LogP contribution < -0.4 is 15.0 Å². The first-order valence-electron chi connectivity index (χ1n) is 7.43. The van der Waals surface area contributed by atoms with E-state index in [1.165, 1.54) is 7.11 Å². The van der Waals surface area contributed by atoms with Gasteiger partial charge in [-0.15, -0.1) is 0 Å². The van der Waals surface area contributed by atoms with Crippen LogP contribution >= 0.6 is 11.6 Å². The average molecular weight is 346 g/mol. The number of benzene rings is 1. The summed E-state index contributed by atoms with van der Waals surface area (Å²) in [4.78, 5) is 30.1. The fourth-order valence-electron chi connectivity index (χ4n) is 2.64. The molecule has 7 heteroatoms. The number of rotatable bonds is 4. The molecular weight excluding hydrogens is 330 g/mol. The van der Waals surface area contributed by atoms with E-state index in [0.717, 1.165) is 0 Å². The summed E-state index contributed by atoms with van der Waals surface area (Å²) < 4.78 is 5.11. The Morgan fingerprint density at radius 1 is 1.42 bits per heavy atom. The minimum atomic E-state index is -0.418. The highest BCUT2D eigenvalue weighted by Gasteiger charge is 2.35. The van der Waals surface area contributed by atoms with Gasteiger partial charge >= 0.3 is 0 Å². The molecule has 1 N–H and O–H groups in total. The predicted octanol–water partition coefficient (Wildman–Crippen LogP) is 2.74. The molecule has 3 rings (SSSR count). The number of amides is 2. The third-order valence-electron chi connectivity index (χ3n) is 3.87. The number of ether oxygens (including phenoxy) is 1. The van der Waals surface area contributed by atoms with Gasteiger partial charge in [-0.1, -0.05) is 11.6 Å². The van der Waals surface area contributed by atoms with Crippen LogP contribution in [0.4, 0.5) is 11.4 Å². The average Bonchev–Trinajstić information content (AvgIpc) is 2.98. The fourth-order valence-corrected chi connectivity index (χ4v) is 2.89. The number of hydrogen-bond donors (Lipinski definition) is 1. The number of pyridine rings is 1. The van der Waals surface area contributed by atoms with Crippen molar-refractivity contribution in [2.24, 2.45) is 5.92 Å². The fraction of sp³-hybridized carbons (Fsp3) is 0.235. The van der Waals surface area contributed by atoms with E-state index in [2.05, 4.69) is 10.3 Å². The van der Waals surface area contributed by atoms with Crippen molar-refractivity contribution in [2.75, 3.05) is 23.9 Å². The van der Waals surface area contributed by atoms with E-state index in [1.54, 1.807) is 47.6 Å². The lowest BCUT2D eigenvalue weighted by atomic mass is 10.1. The van der Waals surface area contributed by atoms with Crippen LogP contribution in [0.3, 0.4) is 0 Å². The number of halogens is 1. The lowest BCUT2D eigenvalue weighted by Gasteiger charge is -2.17. The van der Waals surface area contributed by atoms with E-state index in [9.17, 15) is 9.59 Å². The van der Waals surface area contributed by atoms with Crippen molar-refractivity contribution >= 4 is 34.8 Å². The molecule has 1 aromatic carbocycles. The van der Waals surface area contributed by atoms with Crippen LogP contribution in [0.1, 0.15) is 6.42 Å². The monoisotopic (exact) mass is 345 g/mol. The second-order valence-electron chi connectivity index (χ2n) is 5.46. The maximum atomic E-state index is 12.3. The van der Waals surface area contributed by atoms with Gasteiger partial charge in [0.05, 0.1) is 29.9 Å². The summed E-state index contributed by atoms with van der Waals surface area (Å²) in [5, 5.41) is 3.20. The van der Waals surface area contributed by atoms with Gasteiger partial charge in [0.15, 0.2) is 0 Å². The lowest BCUT2D eigenvalue weighted by molar-refractivity contribution is -0.122. The molecule has 1 aliphatic heterocycles. The third kappa shape index (κ3) is 3.33. The van der Waals surface area contributed by atoms with Crippen molar-refractivity contribution in [3.8, 4) is 5.75 Å². The highest BCUT2D eigenvalue weighted by Crippen LogP contribution is 2.32. The van der Waals surface area contributed by atoms with Gasteiger partial charge in [0.25, 0.3) is 0 Å². The Morgan fingerprint density at radius 2 is 2.25 bits per heavy atom. The number of aromatic nitrogens is 1. The number of methoxy groups -OCH3 is 1. The summed E-state index contributed by atoms with van der Waals surface area (Å²) >= 11 is 6.11. The lowest BCUT2D eigenvalue weighted by Crippen LogP contribution is -2.28. The Morgan fingerprint density at radius 3 is 2.92 bits per heavy atom. The summed E-state index contributed by atoms with van der Waals surface area (Å²) in [6.07, 6.45) is 3.36. The molecule has 2 amide bonds. The Hall–Kier alpha value is -2.60. The third-order valence-corrected chi connectivity index (χ3v) is 4.17. The van der Waals surface area contributed by atoms with E-state index in [1.807, 2.05) is 0 Å². The normalized spacial score (nSPS) is 17.0. The molecule has 1 aliphatic rings. The quantitative estimate of drug-likeness (QED) is 0.924. The largest absolute Gasteiger partial charge is 0.495 e. The Bertz CT molecular complexity index is 767. The van der Waals surface area contributed by atoms with Crippen LogP contribution in [0, 0.1) is 5.92 Å². The molecule has 24 heavy (non-hydrogen) atoms. The molecule has 0 spiro atoms. The number of nitrogens with one attached hydrogen (secondary N) is 1. The maximum absolute atomic E-state index is 12.3. The SMILES string of the molecule is COc1ccc(N2C[C@H](C(=O)Nc3cccnc3)CC2=O)cc1Cl. The molecule has 1 atom stereocenters. The molecule has 0 radical (unpaired) electrons. The van der Waals surface area contributed by atoms with Crippen molar-refractivity contribution < 1.29 is 14.3 Å². The molecule has 1 aromatic heterocycles. The minimum absolute atomic E-state index is 0.109. The second kappa shape index (κ2) is 6.88. The molecule has 0 saturated carbocycles. The minimum Gasteiger partial charge on any atom is -0.495 e. The molecule has 0 aliphatic carbocycles. The molecule has 2 aromatic rings. The predicted molar refractivity (Wildman–Crippen MR) is 91.3 cm³/mol. The van der Waals surface area contributed by atoms with Crippen molar-refractivity contribution in [2.45, 2.75) is 6.42 Å². The van der Waals surface area contributed by atoms with Crippen molar-refractivity contribution in [3.05, 3.63) is 47.7 Å². The molecule has 1 saturated heterocycles. The van der Waals surface area contributed by atoms with Crippen molar-refractivity contribution in [3.63, 3.8) is 0 Å². The van der Waals surface area contributed by atoms with Gasteiger partial charge < -0.3 is 15.0 Å². The zero-order chi connectivity index (χ0) is 17.1. The van der Waals surface area contributed by atoms with Crippen LogP contribution in [0.2, 0.25) is 5.02 Å². The molecule has 0 unspecified atom stereocenters. The zero-order valence-electron chi connectivity index (χ0n) is 13.0. The summed E-state index contributed by atoms with van der Waals surface area (Å²) in [5.74, 6) is -0.183. The maximum Gasteiger partial charge on any atom is 0.229 e. The first-order valence-corrected chi connectivity index (χ1v) is 7.81. The summed E-state index contributed by atoms with van der Waals surface area (Å²) in [5.41, 5.74) is 1.27. The number of anilines is 2. The van der Waals surface area contributed by atoms with Crippen molar-refractivity contribution in [1.82, 2.24) is 4.98 Å². The van der Waals surface area contributed by atoms with Crippen molar-refractivity contribution in [1.29, 1.82) is 0 Å². The van der Waals surface area contributed by atoms with Gasteiger partial charge in [0, 0.05) is 24.8 Å². The van der Waals surface area contributed by atoms with E-state index >= 15 is 0 Å². The summed E-state index contributed by atoms with van der Waals surface area (Å²) in [6.45, 7) is 0.313. The Balaban J connectivity index is 1.71. The number of hydrogen-bond acceptors (Lipinski definition) is 4. The molecule has 0 bridgehead atoms. The van der Waals surface area contributed by atoms with E-state index in [0.29, 0.717) is 28.7 Å². The molecule has 2 heterocycles. The molecule has 6 nitrogen and oxygen atoms in total. The number of carbonyl (C=O) groups is 2. The van der Waals surface area contributed by atoms with E-state index < -0.39 is 5.92 Å². The van der Waals surface area contributed by atoms with Gasteiger partial charge in [-0.25, -0.2) is 0 Å². The Labute approximate surface area is 144 Å². The number of carbonyl (C=O) groups excluding carboxylic acids is 2. The van der Waals surface area contributed by atoms with Crippen LogP contribution in [0.25, 0.3) is 0 Å². The smallest absolute Gasteiger partial charge is 0.229 e. The Kier molecular flexibility index (Phi) is 4.66. The molecule has 1 fully saturated rings. The second-order valence-corrected chi connectivity index (χ2v) is 5.86. The van der Waals surface area contributed by atoms with Crippen LogP contribution in [-0.4, -0.2) is 30.5 Å². The van der Waals surface area contributed by atoms with E-state index in [4.69, 9.17) is 16.3 Å². The van der Waals surface area contributed by atoms with Gasteiger partial charge in [0.2, 0.25) is 11.8 Å². The summed E-state index contributed by atoms with van der Waals surface area (Å²) in [6, 6.07) is 8.61. The first kappa shape index (κ1) is 16.3. The van der Waals surface area contributed by atoms with Crippen LogP contribution in [-0.2, 0) is 9.59 Å². The zero-order valence-corrected chi connectivity index (χ0v) is 13.8. The standard InChI is InChI=1S/C17H16ClN3O3/c1-24-15-5-4-13(8-14(15)18)21-10-11(7-16(21)22)17(23)20-12-3-2-6-19-9-12/h2-6,8-9,11H,7,10H2,1H3,(H,20,23)/t11-/m1/s1. The molecule has 124 valence electrons. The van der Waals surface area contributed by atoms with E-state index in [-0.39, 0.29) is 18.2 Å². The van der Waals surface area contributed by atoms with Gasteiger partial charge in [-0.2, -0.15) is 0 Å². The van der Waals surface area contributed by atoms with Gasteiger partial charge in [0.1, 0.15) is 5.75 Å². The first-order chi connectivity index (χ1) is 11.6. The summed E-state index contributed by atoms with van der Waals surface area (Å²) in [7, 11) is 1.53. The van der Waals surface area contributed by atoms with Gasteiger partial charge in [-0.05, 0) is 30.3 Å². The van der Waals surface area contributed by atoms with Crippen LogP contribution in [0.5, 0.6) is 5.75 Å².